The van der Waals surface area contributed by atoms with Gasteiger partial charge in [0.2, 0.25) is 5.91 Å². The number of anilines is 1. The average molecular weight is 372 g/mol. The summed E-state index contributed by atoms with van der Waals surface area (Å²) in [5, 5.41) is 4.43. The predicted octanol–water partition coefficient (Wildman–Crippen LogP) is 2.90. The van der Waals surface area contributed by atoms with Crippen LogP contribution in [0.5, 0.6) is 0 Å². The number of hydrogen-bond acceptors (Lipinski definition) is 4. The molecule has 0 spiro atoms. The van der Waals surface area contributed by atoms with Gasteiger partial charge >= 0.3 is 0 Å². The molecule has 2 fully saturated rings. The van der Waals surface area contributed by atoms with Crippen LogP contribution in [0.2, 0.25) is 10.0 Å². The Morgan fingerprint density at radius 1 is 1.21 bits per heavy atom. The lowest BCUT2D eigenvalue weighted by Gasteiger charge is -2.43. The highest BCUT2D eigenvalue weighted by atomic mass is 35.5. The molecule has 1 saturated carbocycles. The topological polar surface area (TPSA) is 67.6 Å². The second kappa shape index (κ2) is 7.48. The van der Waals surface area contributed by atoms with Crippen LogP contribution in [0.15, 0.2) is 18.2 Å². The molecule has 3 rings (SSSR count). The van der Waals surface area contributed by atoms with Crippen molar-refractivity contribution in [1.82, 2.24) is 4.90 Å². The number of carbonyl (C=O) groups is 1. The van der Waals surface area contributed by atoms with Crippen LogP contribution in [0, 0.1) is 0 Å². The minimum atomic E-state index is -0.635. The first-order chi connectivity index (χ1) is 11.5. The van der Waals surface area contributed by atoms with Gasteiger partial charge in [-0.15, -0.1) is 0 Å². The fourth-order valence-electron chi connectivity index (χ4n) is 3.44. The van der Waals surface area contributed by atoms with Crippen molar-refractivity contribution in [3.8, 4) is 0 Å². The van der Waals surface area contributed by atoms with Crippen LogP contribution in [0.3, 0.4) is 0 Å². The summed E-state index contributed by atoms with van der Waals surface area (Å²) >= 11 is 12.1. The Morgan fingerprint density at radius 3 is 2.50 bits per heavy atom. The summed E-state index contributed by atoms with van der Waals surface area (Å²) in [7, 11) is 0. The summed E-state index contributed by atoms with van der Waals surface area (Å²) < 4.78 is 5.37. The van der Waals surface area contributed by atoms with E-state index in [0.29, 0.717) is 49.2 Å². The third kappa shape index (κ3) is 3.80. The molecule has 1 heterocycles. The lowest BCUT2D eigenvalue weighted by Crippen LogP contribution is -2.58. The fraction of sp³-hybridized carbons (Fsp3) is 0.588. The summed E-state index contributed by atoms with van der Waals surface area (Å²) in [4.78, 5) is 15.1. The van der Waals surface area contributed by atoms with E-state index >= 15 is 0 Å². The molecule has 0 bridgehead atoms. The Kier molecular flexibility index (Phi) is 5.55. The van der Waals surface area contributed by atoms with Crippen molar-refractivity contribution < 1.29 is 9.53 Å². The molecule has 2 aliphatic rings. The number of morpholine rings is 1. The minimum Gasteiger partial charge on any atom is -0.378 e. The molecular weight excluding hydrogens is 349 g/mol. The average Bonchev–Trinajstić information content (AvgIpc) is 2.60. The van der Waals surface area contributed by atoms with E-state index in [4.69, 9.17) is 33.7 Å². The molecule has 0 unspecified atom stereocenters. The number of amides is 1. The quantitative estimate of drug-likeness (QED) is 0.856. The van der Waals surface area contributed by atoms with Crippen LogP contribution in [0.25, 0.3) is 0 Å². The SMILES string of the molecule is NC1CCC(Nc2ccc(Cl)c(Cl)c2)(C(=O)N2CCOCC2)CC1. The Morgan fingerprint density at radius 2 is 1.88 bits per heavy atom. The standard InChI is InChI=1S/C17H23Cl2N3O2/c18-14-2-1-13(11-15(14)19)21-17(5-3-12(20)4-6-17)16(23)22-7-9-24-10-8-22/h1-2,11-12,21H,3-10,20H2. The van der Waals surface area contributed by atoms with Gasteiger partial charge in [-0.25, -0.2) is 0 Å². The summed E-state index contributed by atoms with van der Waals surface area (Å²) in [6.07, 6.45) is 3.07. The third-order valence-corrected chi connectivity index (χ3v) is 5.63. The largest absolute Gasteiger partial charge is 0.378 e. The van der Waals surface area contributed by atoms with Gasteiger partial charge in [-0.3, -0.25) is 4.79 Å². The van der Waals surface area contributed by atoms with Gasteiger partial charge in [0.15, 0.2) is 0 Å². The lowest BCUT2D eigenvalue weighted by molar-refractivity contribution is -0.141. The van der Waals surface area contributed by atoms with E-state index < -0.39 is 5.54 Å². The van der Waals surface area contributed by atoms with Crippen molar-refractivity contribution in [2.75, 3.05) is 31.6 Å². The van der Waals surface area contributed by atoms with E-state index in [0.717, 1.165) is 18.5 Å². The smallest absolute Gasteiger partial charge is 0.248 e. The van der Waals surface area contributed by atoms with Gasteiger partial charge in [-0.05, 0) is 43.9 Å². The van der Waals surface area contributed by atoms with Gasteiger partial charge in [-0.1, -0.05) is 23.2 Å². The van der Waals surface area contributed by atoms with Crippen molar-refractivity contribution in [1.29, 1.82) is 0 Å². The number of ether oxygens (including phenoxy) is 1. The summed E-state index contributed by atoms with van der Waals surface area (Å²) in [5.41, 5.74) is 6.23. The molecule has 1 aliphatic carbocycles. The van der Waals surface area contributed by atoms with Gasteiger partial charge in [-0.2, -0.15) is 0 Å². The van der Waals surface area contributed by atoms with Gasteiger partial charge in [0, 0.05) is 24.8 Å². The highest BCUT2D eigenvalue weighted by Gasteiger charge is 2.43. The molecule has 1 aromatic rings. The zero-order valence-electron chi connectivity index (χ0n) is 13.6. The minimum absolute atomic E-state index is 0.128. The number of nitrogens with one attached hydrogen (secondary N) is 1. The van der Waals surface area contributed by atoms with Crippen LogP contribution < -0.4 is 11.1 Å². The normalized spacial score (nSPS) is 27.8. The zero-order chi connectivity index (χ0) is 17.2. The first-order valence-corrected chi connectivity index (χ1v) is 9.12. The number of benzene rings is 1. The molecule has 0 aromatic heterocycles. The first kappa shape index (κ1) is 17.8. The van der Waals surface area contributed by atoms with Gasteiger partial charge in [0.25, 0.3) is 0 Å². The molecule has 1 aromatic carbocycles. The van der Waals surface area contributed by atoms with Crippen LogP contribution >= 0.6 is 23.2 Å². The maximum Gasteiger partial charge on any atom is 0.248 e. The van der Waals surface area contributed by atoms with E-state index in [1.165, 1.54) is 0 Å². The maximum atomic E-state index is 13.2. The predicted molar refractivity (Wildman–Crippen MR) is 96.7 cm³/mol. The van der Waals surface area contributed by atoms with Crippen molar-refractivity contribution in [2.45, 2.75) is 37.3 Å². The van der Waals surface area contributed by atoms with Crippen LogP contribution in [-0.2, 0) is 9.53 Å². The third-order valence-electron chi connectivity index (χ3n) is 4.89. The molecule has 0 atom stereocenters. The van der Waals surface area contributed by atoms with Crippen molar-refractivity contribution in [3.05, 3.63) is 28.2 Å². The Hall–Kier alpha value is -1.01. The highest BCUT2D eigenvalue weighted by Crippen LogP contribution is 2.35. The molecule has 1 aliphatic heterocycles. The monoisotopic (exact) mass is 371 g/mol. The van der Waals surface area contributed by atoms with Gasteiger partial charge in [0.05, 0.1) is 23.3 Å². The number of rotatable bonds is 3. The van der Waals surface area contributed by atoms with Crippen molar-refractivity contribution in [2.24, 2.45) is 5.73 Å². The van der Waals surface area contributed by atoms with Crippen molar-refractivity contribution >= 4 is 34.8 Å². The fourth-order valence-corrected chi connectivity index (χ4v) is 3.74. The molecule has 132 valence electrons. The van der Waals surface area contributed by atoms with Crippen molar-refractivity contribution in [3.63, 3.8) is 0 Å². The van der Waals surface area contributed by atoms with Gasteiger partial charge < -0.3 is 20.7 Å². The molecule has 1 amide bonds. The Labute approximate surface area is 152 Å². The number of nitrogens with two attached hydrogens (primary N) is 1. The second-order valence-electron chi connectivity index (χ2n) is 6.58. The van der Waals surface area contributed by atoms with Crippen LogP contribution in [-0.4, -0.2) is 48.7 Å². The van der Waals surface area contributed by atoms with E-state index in [1.807, 2.05) is 11.0 Å². The molecule has 24 heavy (non-hydrogen) atoms. The van der Waals surface area contributed by atoms with E-state index in [9.17, 15) is 4.79 Å². The number of hydrogen-bond donors (Lipinski definition) is 2. The van der Waals surface area contributed by atoms with Crippen LogP contribution in [0.4, 0.5) is 5.69 Å². The molecule has 5 nitrogen and oxygen atoms in total. The summed E-state index contributed by atoms with van der Waals surface area (Å²) in [5.74, 6) is 0.128. The number of nitrogens with zero attached hydrogens (tertiary/aromatic N) is 1. The number of halogens is 2. The van der Waals surface area contributed by atoms with E-state index in [1.54, 1.807) is 12.1 Å². The maximum absolute atomic E-state index is 13.2. The summed E-state index contributed by atoms with van der Waals surface area (Å²) in [6, 6.07) is 5.53. The Balaban J connectivity index is 1.84. The highest BCUT2D eigenvalue weighted by molar-refractivity contribution is 6.42. The number of carbonyl (C=O) groups excluding carboxylic acids is 1. The molecule has 3 N–H and O–H groups in total. The lowest BCUT2D eigenvalue weighted by atomic mass is 9.78. The van der Waals surface area contributed by atoms with Crippen LogP contribution in [0.1, 0.15) is 25.7 Å². The second-order valence-corrected chi connectivity index (χ2v) is 7.39. The van der Waals surface area contributed by atoms with Gasteiger partial charge in [0.1, 0.15) is 5.54 Å². The molecule has 0 radical (unpaired) electrons. The molecular formula is C17H23Cl2N3O2. The summed E-state index contributed by atoms with van der Waals surface area (Å²) in [6.45, 7) is 2.45. The molecule has 7 heteroatoms. The Bertz CT molecular complexity index is 597. The first-order valence-electron chi connectivity index (χ1n) is 8.36. The van der Waals surface area contributed by atoms with E-state index in [2.05, 4.69) is 5.32 Å². The molecule has 1 saturated heterocycles. The van der Waals surface area contributed by atoms with E-state index in [-0.39, 0.29) is 11.9 Å². The zero-order valence-corrected chi connectivity index (χ0v) is 15.1.